The van der Waals surface area contributed by atoms with Crippen LogP contribution in [0, 0.1) is 22.7 Å². The van der Waals surface area contributed by atoms with Crippen molar-refractivity contribution in [3.05, 3.63) is 96.5 Å². The van der Waals surface area contributed by atoms with Crippen LogP contribution in [-0.4, -0.2) is 35.0 Å². The van der Waals surface area contributed by atoms with Gasteiger partial charge in [-0.1, -0.05) is 59.2 Å². The van der Waals surface area contributed by atoms with E-state index in [0.717, 1.165) is 49.5 Å². The minimum atomic E-state index is -0.713. The first kappa shape index (κ1) is 27.4. The number of carbonyl (C=O) groups excluding carboxylic acids is 1. The van der Waals surface area contributed by atoms with Crippen LogP contribution in [0.5, 0.6) is 0 Å². The molecule has 39 heavy (non-hydrogen) atoms. The molecule has 1 aliphatic rings. The maximum Gasteiger partial charge on any atom is 0.277 e. The SMILES string of the molecule is CCn1c(=C=C(C#N)C(=O)NCC#N)sc(=C=CNc2cccc(CCN3CCc4ccccc4C3)c2)c1=O. The Kier molecular flexibility index (Phi) is 9.32. The molecule has 0 unspecified atom stereocenters. The van der Waals surface area contributed by atoms with Gasteiger partial charge in [0.05, 0.1) is 6.07 Å². The molecular formula is C30H28N6O2S. The number of nitriles is 2. The van der Waals surface area contributed by atoms with Gasteiger partial charge in [0.1, 0.15) is 21.8 Å². The molecule has 4 rings (SSSR count). The highest BCUT2D eigenvalue weighted by Crippen LogP contribution is 2.19. The van der Waals surface area contributed by atoms with E-state index in [9.17, 15) is 14.9 Å². The molecule has 1 aromatic heterocycles. The highest BCUT2D eigenvalue weighted by Gasteiger charge is 2.15. The van der Waals surface area contributed by atoms with Crippen LogP contribution in [0.3, 0.4) is 0 Å². The van der Waals surface area contributed by atoms with Gasteiger partial charge in [-0.3, -0.25) is 19.1 Å². The first-order valence-corrected chi connectivity index (χ1v) is 13.5. The van der Waals surface area contributed by atoms with Crippen molar-refractivity contribution in [3.63, 3.8) is 0 Å². The van der Waals surface area contributed by atoms with Gasteiger partial charge in [0, 0.05) is 38.1 Å². The number of nitrogens with zero attached hydrogens (tertiary/aromatic N) is 4. The Morgan fingerprint density at radius 1 is 1.15 bits per heavy atom. The lowest BCUT2D eigenvalue weighted by Crippen LogP contribution is -2.32. The summed E-state index contributed by atoms with van der Waals surface area (Å²) in [6, 6.07) is 20.4. The molecule has 8 nitrogen and oxygen atoms in total. The normalized spacial score (nSPS) is 12.2. The maximum atomic E-state index is 12.8. The largest absolute Gasteiger partial charge is 0.355 e. The predicted octanol–water partition coefficient (Wildman–Crippen LogP) is 2.00. The van der Waals surface area contributed by atoms with Crippen molar-refractivity contribution in [2.45, 2.75) is 32.9 Å². The summed E-state index contributed by atoms with van der Waals surface area (Å²) in [5.41, 5.74) is 10.1. The summed E-state index contributed by atoms with van der Waals surface area (Å²) < 4.78 is 2.09. The van der Waals surface area contributed by atoms with Crippen LogP contribution in [0.4, 0.5) is 5.69 Å². The number of benzene rings is 2. The lowest BCUT2D eigenvalue weighted by molar-refractivity contribution is -0.116. The van der Waals surface area contributed by atoms with Crippen LogP contribution in [0.1, 0.15) is 23.6 Å². The number of carbonyl (C=O) groups is 1. The van der Waals surface area contributed by atoms with E-state index in [0.29, 0.717) is 15.7 Å². The number of anilines is 1. The fraction of sp³-hybridized carbons (Fsp3) is 0.267. The highest BCUT2D eigenvalue weighted by molar-refractivity contribution is 7.07. The molecule has 0 aliphatic carbocycles. The summed E-state index contributed by atoms with van der Waals surface area (Å²) in [5, 5.41) is 23.5. The van der Waals surface area contributed by atoms with Gasteiger partial charge in [0.2, 0.25) is 0 Å². The second-order valence-electron chi connectivity index (χ2n) is 8.92. The first-order chi connectivity index (χ1) is 19.0. The topological polar surface area (TPSA) is 114 Å². The number of rotatable bonds is 8. The van der Waals surface area contributed by atoms with Crippen LogP contribution < -0.4 is 25.4 Å². The number of thiazole rings is 1. The van der Waals surface area contributed by atoms with E-state index in [2.05, 4.69) is 63.4 Å². The van der Waals surface area contributed by atoms with Gasteiger partial charge >= 0.3 is 0 Å². The fourth-order valence-electron chi connectivity index (χ4n) is 4.37. The number of nitrogens with one attached hydrogen (secondary N) is 2. The van der Waals surface area contributed by atoms with E-state index in [1.54, 1.807) is 25.3 Å². The zero-order valence-corrected chi connectivity index (χ0v) is 22.5. The van der Waals surface area contributed by atoms with Crippen LogP contribution >= 0.6 is 11.3 Å². The van der Waals surface area contributed by atoms with Crippen LogP contribution in [0.2, 0.25) is 0 Å². The van der Waals surface area contributed by atoms with Gasteiger partial charge < -0.3 is 10.6 Å². The maximum absolute atomic E-state index is 12.8. The van der Waals surface area contributed by atoms with Gasteiger partial charge in [0.25, 0.3) is 11.5 Å². The van der Waals surface area contributed by atoms with E-state index in [4.69, 9.17) is 5.26 Å². The Hall–Kier alpha value is -4.62. The molecule has 2 N–H and O–H groups in total. The fourth-order valence-corrected chi connectivity index (χ4v) is 5.35. The average molecular weight is 537 g/mol. The van der Waals surface area contributed by atoms with Gasteiger partial charge in [-0.15, -0.1) is 0 Å². The quantitative estimate of drug-likeness (QED) is 0.259. The molecule has 0 atom stereocenters. The van der Waals surface area contributed by atoms with Crippen molar-refractivity contribution in [1.29, 1.82) is 10.5 Å². The minimum absolute atomic E-state index is 0.224. The smallest absolute Gasteiger partial charge is 0.277 e. The van der Waals surface area contributed by atoms with Gasteiger partial charge in [-0.05, 0) is 48.6 Å². The zero-order chi connectivity index (χ0) is 27.6. The standard InChI is InChI=1S/C30H28N6O2S/c1-2-36-28(19-25(20-32)29(37)34-15-13-31)39-27(30(36)38)10-14-33-26-9-5-6-22(18-26)11-16-35-17-12-23-7-3-4-8-24(23)21-35/h3-9,14,18,33H,2,11-12,15-17,21H2,1H3,(H,34,37). The Morgan fingerprint density at radius 3 is 2.74 bits per heavy atom. The molecule has 3 aromatic rings. The Morgan fingerprint density at radius 2 is 1.97 bits per heavy atom. The molecule has 1 amide bonds. The second-order valence-corrected chi connectivity index (χ2v) is 9.92. The van der Waals surface area contributed by atoms with Gasteiger partial charge in [-0.2, -0.15) is 10.5 Å². The van der Waals surface area contributed by atoms with Crippen molar-refractivity contribution < 1.29 is 4.79 Å². The lowest BCUT2D eigenvalue weighted by atomic mass is 9.99. The predicted molar refractivity (Wildman–Crippen MR) is 152 cm³/mol. The summed E-state index contributed by atoms with van der Waals surface area (Å²) in [5.74, 6) is -0.713. The monoisotopic (exact) mass is 536 g/mol. The third-order valence-electron chi connectivity index (χ3n) is 6.39. The molecule has 0 saturated heterocycles. The number of hydrogen-bond acceptors (Lipinski definition) is 7. The van der Waals surface area contributed by atoms with Crippen LogP contribution in [0.15, 0.2) is 65.1 Å². The molecule has 9 heteroatoms. The van der Waals surface area contributed by atoms with Crippen molar-refractivity contribution in [3.8, 4) is 12.1 Å². The Balaban J connectivity index is 1.49. The van der Waals surface area contributed by atoms with Crippen LogP contribution in [0.25, 0.3) is 11.5 Å². The summed E-state index contributed by atoms with van der Waals surface area (Å²) in [6.07, 6.45) is 3.61. The van der Waals surface area contributed by atoms with E-state index in [1.165, 1.54) is 21.3 Å². The molecule has 2 aromatic carbocycles. The lowest BCUT2D eigenvalue weighted by Gasteiger charge is -2.28. The Labute approximate surface area is 230 Å². The third-order valence-corrected chi connectivity index (χ3v) is 7.41. The number of hydrogen-bond donors (Lipinski definition) is 2. The van der Waals surface area contributed by atoms with E-state index in [1.807, 2.05) is 12.1 Å². The van der Waals surface area contributed by atoms with Gasteiger partial charge in [-0.25, -0.2) is 0 Å². The molecule has 0 fully saturated rings. The van der Waals surface area contributed by atoms with E-state index in [-0.39, 0.29) is 17.7 Å². The second kappa shape index (κ2) is 13.3. The molecule has 0 saturated carbocycles. The van der Waals surface area contributed by atoms with Crippen molar-refractivity contribution in [1.82, 2.24) is 14.8 Å². The molecule has 0 bridgehead atoms. The molecule has 0 radical (unpaired) electrons. The summed E-state index contributed by atoms with van der Waals surface area (Å²) >= 11 is 1.09. The Bertz CT molecular complexity index is 1710. The van der Waals surface area contributed by atoms with Crippen molar-refractivity contribution in [2.75, 3.05) is 25.0 Å². The molecule has 1 aliphatic heterocycles. The minimum Gasteiger partial charge on any atom is -0.355 e. The first-order valence-electron chi connectivity index (χ1n) is 12.7. The third kappa shape index (κ3) is 7.03. The highest BCUT2D eigenvalue weighted by atomic mass is 32.1. The molecular weight excluding hydrogens is 508 g/mol. The van der Waals surface area contributed by atoms with Crippen LogP contribution in [-0.2, 0) is 30.7 Å². The summed E-state index contributed by atoms with van der Waals surface area (Å²) in [4.78, 5) is 27.4. The van der Waals surface area contributed by atoms with E-state index < -0.39 is 5.91 Å². The zero-order valence-electron chi connectivity index (χ0n) is 21.7. The number of fused-ring (bicyclic) bond motifs is 1. The molecule has 0 spiro atoms. The molecule has 196 valence electrons. The average Bonchev–Trinajstić information content (AvgIpc) is 3.27. The molecule has 2 heterocycles. The van der Waals surface area contributed by atoms with Crippen molar-refractivity contribution >= 4 is 34.4 Å². The number of aromatic nitrogens is 1. The van der Waals surface area contributed by atoms with Gasteiger partial charge in [0.15, 0.2) is 5.57 Å². The summed E-state index contributed by atoms with van der Waals surface area (Å²) in [7, 11) is 0. The summed E-state index contributed by atoms with van der Waals surface area (Å²) in [6.45, 7) is 4.95. The van der Waals surface area contributed by atoms with E-state index >= 15 is 0 Å². The van der Waals surface area contributed by atoms with Crippen molar-refractivity contribution in [2.24, 2.45) is 0 Å². The number of amides is 1.